The number of hydroxylamine groups is 2. The van der Waals surface area contributed by atoms with Gasteiger partial charge < -0.3 is 19.5 Å². The van der Waals surface area contributed by atoms with Gasteiger partial charge in [-0.15, -0.1) is 0 Å². The molecule has 2 aromatic rings. The number of benzene rings is 2. The largest absolute Gasteiger partial charge is 0.486 e. The van der Waals surface area contributed by atoms with Crippen LogP contribution in [0.4, 0.5) is 4.79 Å². The molecule has 2 aromatic carbocycles. The van der Waals surface area contributed by atoms with Crippen LogP contribution in [0.25, 0.3) is 0 Å². The van der Waals surface area contributed by atoms with E-state index in [4.69, 9.17) is 14.2 Å². The first kappa shape index (κ1) is 15.9. The molecule has 2 amide bonds. The molecule has 126 valence electrons. The minimum absolute atomic E-state index is 0.00137. The van der Waals surface area contributed by atoms with Crippen molar-refractivity contribution in [3.63, 3.8) is 0 Å². The van der Waals surface area contributed by atoms with Gasteiger partial charge in [0.25, 0.3) is 0 Å². The second-order valence-electron chi connectivity index (χ2n) is 5.21. The second-order valence-corrected chi connectivity index (χ2v) is 5.21. The lowest BCUT2D eigenvalue weighted by molar-refractivity contribution is -0.0738. The van der Waals surface area contributed by atoms with Crippen molar-refractivity contribution in [3.05, 3.63) is 48.5 Å². The van der Waals surface area contributed by atoms with Crippen molar-refractivity contribution in [2.24, 2.45) is 0 Å². The zero-order valence-electron chi connectivity index (χ0n) is 13.1. The summed E-state index contributed by atoms with van der Waals surface area (Å²) in [4.78, 5) is 11.3. The molecule has 0 bridgehead atoms. The summed E-state index contributed by atoms with van der Waals surface area (Å²) in [5, 5.41) is 12.5. The van der Waals surface area contributed by atoms with Crippen molar-refractivity contribution in [1.82, 2.24) is 10.4 Å². The smallest absolute Gasteiger partial charge is 0.340 e. The molecule has 0 aliphatic carbocycles. The quantitative estimate of drug-likeness (QED) is 0.665. The lowest BCUT2D eigenvalue weighted by Crippen LogP contribution is -2.45. The average Bonchev–Trinajstić information content (AvgIpc) is 2.62. The van der Waals surface area contributed by atoms with Gasteiger partial charge in [-0.2, -0.15) is 0 Å². The maximum atomic E-state index is 11.3. The summed E-state index contributed by atoms with van der Waals surface area (Å²) in [6.45, 7) is 0.219. The summed E-state index contributed by atoms with van der Waals surface area (Å²) in [6, 6.07) is 14.1. The van der Waals surface area contributed by atoms with E-state index >= 15 is 0 Å². The minimum atomic E-state index is -0.601. The van der Waals surface area contributed by atoms with Crippen LogP contribution >= 0.6 is 0 Å². The molecule has 0 saturated carbocycles. The van der Waals surface area contributed by atoms with Crippen LogP contribution in [-0.4, -0.2) is 42.6 Å². The highest BCUT2D eigenvalue weighted by Gasteiger charge is 2.25. The van der Waals surface area contributed by atoms with E-state index in [1.165, 1.54) is 7.05 Å². The summed E-state index contributed by atoms with van der Waals surface area (Å²) in [7, 11) is 1.44. The lowest BCUT2D eigenvalue weighted by Gasteiger charge is -2.28. The summed E-state index contributed by atoms with van der Waals surface area (Å²) >= 11 is 0. The molecule has 1 unspecified atom stereocenters. The van der Waals surface area contributed by atoms with E-state index in [9.17, 15) is 10.0 Å². The van der Waals surface area contributed by atoms with Gasteiger partial charge in [-0.25, -0.2) is 9.86 Å². The van der Waals surface area contributed by atoms with Crippen molar-refractivity contribution >= 4 is 6.03 Å². The van der Waals surface area contributed by atoms with Crippen LogP contribution in [0.15, 0.2) is 48.5 Å². The van der Waals surface area contributed by atoms with Crippen LogP contribution in [0.5, 0.6) is 23.0 Å². The number of amides is 2. The van der Waals surface area contributed by atoms with Gasteiger partial charge in [0.1, 0.15) is 18.1 Å². The standard InChI is InChI=1S/C17H18N2O5/c1-18-17(20)19(21)10-14-11-22-16-9-13(7-8-15(16)24-14)23-12-5-3-2-4-6-12/h2-9,14,21H,10-11H2,1H3,(H,18,20). The fraction of sp³-hybridized carbons (Fsp3) is 0.235. The minimum Gasteiger partial charge on any atom is -0.486 e. The predicted molar refractivity (Wildman–Crippen MR) is 85.8 cm³/mol. The number of nitrogens with one attached hydrogen (secondary N) is 1. The Hall–Kier alpha value is -2.93. The van der Waals surface area contributed by atoms with E-state index in [1.54, 1.807) is 18.2 Å². The summed E-state index contributed by atoms with van der Waals surface area (Å²) in [5.41, 5.74) is 0. The zero-order valence-corrected chi connectivity index (χ0v) is 13.1. The number of urea groups is 1. The number of hydrogen-bond donors (Lipinski definition) is 2. The Kier molecular flexibility index (Phi) is 4.72. The van der Waals surface area contributed by atoms with Crippen LogP contribution in [0.1, 0.15) is 0 Å². The molecule has 0 spiro atoms. The number of carbonyl (C=O) groups excluding carboxylic acids is 1. The molecule has 1 heterocycles. The third-order valence-corrected chi connectivity index (χ3v) is 3.44. The average molecular weight is 330 g/mol. The van der Waals surface area contributed by atoms with Gasteiger partial charge in [0, 0.05) is 13.1 Å². The maximum absolute atomic E-state index is 11.3. The molecule has 7 heteroatoms. The first-order chi connectivity index (χ1) is 11.7. The van der Waals surface area contributed by atoms with Crippen LogP contribution in [0.2, 0.25) is 0 Å². The van der Waals surface area contributed by atoms with E-state index in [0.717, 1.165) is 5.75 Å². The molecule has 0 aromatic heterocycles. The molecule has 24 heavy (non-hydrogen) atoms. The normalized spacial score (nSPS) is 15.5. The Morgan fingerprint density at radius 3 is 2.79 bits per heavy atom. The Morgan fingerprint density at radius 1 is 1.25 bits per heavy atom. The van der Waals surface area contributed by atoms with E-state index in [-0.39, 0.29) is 13.2 Å². The Bertz CT molecular complexity index is 707. The highest BCUT2D eigenvalue weighted by atomic mass is 16.6. The van der Waals surface area contributed by atoms with Gasteiger partial charge in [-0.1, -0.05) is 18.2 Å². The molecular formula is C17H18N2O5. The van der Waals surface area contributed by atoms with Crippen molar-refractivity contribution in [3.8, 4) is 23.0 Å². The van der Waals surface area contributed by atoms with E-state index < -0.39 is 12.1 Å². The molecule has 2 N–H and O–H groups in total. The van der Waals surface area contributed by atoms with Gasteiger partial charge in [0.05, 0.1) is 6.54 Å². The van der Waals surface area contributed by atoms with Gasteiger partial charge in [-0.05, 0) is 24.3 Å². The fourth-order valence-corrected chi connectivity index (χ4v) is 2.28. The summed E-state index contributed by atoms with van der Waals surface area (Å²) in [6.07, 6.45) is -0.458. The molecule has 1 aliphatic rings. The molecular weight excluding hydrogens is 312 g/mol. The van der Waals surface area contributed by atoms with Crippen molar-refractivity contribution in [1.29, 1.82) is 0 Å². The van der Waals surface area contributed by atoms with Crippen molar-refractivity contribution < 1.29 is 24.2 Å². The van der Waals surface area contributed by atoms with Gasteiger partial charge in [0.2, 0.25) is 0 Å². The first-order valence-electron chi connectivity index (χ1n) is 7.50. The van der Waals surface area contributed by atoms with E-state index in [1.807, 2.05) is 30.3 Å². The monoisotopic (exact) mass is 330 g/mol. The Morgan fingerprint density at radius 2 is 2.04 bits per heavy atom. The van der Waals surface area contributed by atoms with E-state index in [0.29, 0.717) is 22.3 Å². The highest BCUT2D eigenvalue weighted by molar-refractivity contribution is 5.72. The van der Waals surface area contributed by atoms with Crippen molar-refractivity contribution in [2.75, 3.05) is 20.2 Å². The van der Waals surface area contributed by atoms with Gasteiger partial charge in [0.15, 0.2) is 17.6 Å². The number of fused-ring (bicyclic) bond motifs is 1. The third kappa shape index (κ3) is 3.69. The predicted octanol–water partition coefficient (Wildman–Crippen LogP) is 2.65. The highest BCUT2D eigenvalue weighted by Crippen LogP contribution is 2.36. The fourth-order valence-electron chi connectivity index (χ4n) is 2.28. The van der Waals surface area contributed by atoms with E-state index in [2.05, 4.69) is 5.32 Å². The Balaban J connectivity index is 1.65. The molecule has 1 aliphatic heterocycles. The Labute approximate surface area is 139 Å². The molecule has 1 atom stereocenters. The number of para-hydroxylation sites is 1. The van der Waals surface area contributed by atoms with Crippen LogP contribution < -0.4 is 19.5 Å². The van der Waals surface area contributed by atoms with Gasteiger partial charge in [-0.3, -0.25) is 5.21 Å². The number of nitrogens with zero attached hydrogens (tertiary/aromatic N) is 1. The molecule has 3 rings (SSSR count). The molecule has 0 radical (unpaired) electrons. The molecule has 0 saturated heterocycles. The first-order valence-corrected chi connectivity index (χ1v) is 7.50. The van der Waals surface area contributed by atoms with Crippen LogP contribution in [0.3, 0.4) is 0 Å². The SMILES string of the molecule is CNC(=O)N(O)CC1COc2cc(Oc3ccccc3)ccc2O1. The summed E-state index contributed by atoms with van der Waals surface area (Å²) < 4.78 is 17.1. The van der Waals surface area contributed by atoms with Crippen molar-refractivity contribution in [2.45, 2.75) is 6.10 Å². The summed E-state index contributed by atoms with van der Waals surface area (Å²) in [5.74, 6) is 2.46. The van der Waals surface area contributed by atoms with Crippen LogP contribution in [0, 0.1) is 0 Å². The number of carbonyl (C=O) groups is 1. The molecule has 7 nitrogen and oxygen atoms in total. The molecule has 0 fully saturated rings. The lowest BCUT2D eigenvalue weighted by atomic mass is 10.2. The van der Waals surface area contributed by atoms with Crippen LogP contribution in [-0.2, 0) is 0 Å². The van der Waals surface area contributed by atoms with Gasteiger partial charge >= 0.3 is 6.03 Å². The number of hydrogen-bond acceptors (Lipinski definition) is 5. The zero-order chi connectivity index (χ0) is 16.9. The topological polar surface area (TPSA) is 80.3 Å². The number of ether oxygens (including phenoxy) is 3. The maximum Gasteiger partial charge on any atom is 0.340 e. The third-order valence-electron chi connectivity index (χ3n) is 3.44. The number of rotatable bonds is 4. The second kappa shape index (κ2) is 7.10.